The third-order valence-electron chi connectivity index (χ3n) is 4.05. The van der Waals surface area contributed by atoms with Gasteiger partial charge in [0.1, 0.15) is 22.3 Å². The number of amides is 1. The van der Waals surface area contributed by atoms with Crippen molar-refractivity contribution in [3.63, 3.8) is 0 Å². The van der Waals surface area contributed by atoms with Gasteiger partial charge in [-0.05, 0) is 70.5 Å². The minimum atomic E-state index is -4.17. The minimum Gasteiger partial charge on any atom is -0.508 e. The van der Waals surface area contributed by atoms with Crippen LogP contribution in [0.15, 0.2) is 86.1 Å². The van der Waals surface area contributed by atoms with E-state index in [9.17, 15) is 23.6 Å². The number of nitriles is 1. The van der Waals surface area contributed by atoms with E-state index < -0.39 is 16.0 Å². The van der Waals surface area contributed by atoms with Crippen molar-refractivity contribution in [3.05, 3.63) is 86.8 Å². The zero-order valence-electron chi connectivity index (χ0n) is 16.1. The molecule has 0 aliphatic heterocycles. The molecule has 3 aromatic carbocycles. The van der Waals surface area contributed by atoms with E-state index in [4.69, 9.17) is 4.18 Å². The van der Waals surface area contributed by atoms with Gasteiger partial charge in [0.15, 0.2) is 5.75 Å². The summed E-state index contributed by atoms with van der Waals surface area (Å²) in [6.45, 7) is 0. The average molecular weight is 578 g/mol. The molecule has 0 saturated heterocycles. The standard InChI is InChI=1S/C22H14Br2N2O5S/c23-16-11-14(10-15(13-25)22(28)26-17-6-8-18(27)9-7-17)21(20(24)12-16)31-32(29,30)19-4-2-1-3-5-19/h1-12,27H,(H,26,28)/b15-10+. The summed E-state index contributed by atoms with van der Waals surface area (Å²) in [6, 6.07) is 18.2. The molecule has 0 aliphatic carbocycles. The molecule has 0 bridgehead atoms. The lowest BCUT2D eigenvalue weighted by molar-refractivity contribution is -0.112. The Morgan fingerprint density at radius 3 is 2.34 bits per heavy atom. The van der Waals surface area contributed by atoms with Crippen LogP contribution in [0.3, 0.4) is 0 Å². The SMILES string of the molecule is N#C/C(=C\c1cc(Br)cc(Br)c1OS(=O)(=O)c1ccccc1)C(=O)Nc1ccc(O)cc1. The van der Waals surface area contributed by atoms with Crippen LogP contribution in [-0.2, 0) is 14.9 Å². The molecule has 3 aromatic rings. The van der Waals surface area contributed by atoms with Crippen LogP contribution in [0.4, 0.5) is 5.69 Å². The number of aromatic hydroxyl groups is 1. The van der Waals surface area contributed by atoms with Crippen LogP contribution in [0.5, 0.6) is 11.5 Å². The molecule has 0 radical (unpaired) electrons. The minimum absolute atomic E-state index is 0.0273. The van der Waals surface area contributed by atoms with Gasteiger partial charge in [-0.15, -0.1) is 0 Å². The molecule has 0 spiro atoms. The van der Waals surface area contributed by atoms with Gasteiger partial charge >= 0.3 is 10.1 Å². The van der Waals surface area contributed by atoms with E-state index in [2.05, 4.69) is 37.2 Å². The average Bonchev–Trinajstić information content (AvgIpc) is 2.76. The molecule has 0 aromatic heterocycles. The molecule has 32 heavy (non-hydrogen) atoms. The molecule has 0 aliphatic rings. The maximum Gasteiger partial charge on any atom is 0.339 e. The van der Waals surface area contributed by atoms with Crippen LogP contribution in [0.25, 0.3) is 6.08 Å². The van der Waals surface area contributed by atoms with Gasteiger partial charge in [-0.1, -0.05) is 34.1 Å². The Labute approximate surface area is 201 Å². The molecule has 3 rings (SSSR count). The number of hydrogen-bond acceptors (Lipinski definition) is 6. The molecular formula is C22H14Br2N2O5S. The van der Waals surface area contributed by atoms with Crippen LogP contribution < -0.4 is 9.50 Å². The molecular weight excluding hydrogens is 564 g/mol. The van der Waals surface area contributed by atoms with Crippen molar-refractivity contribution in [3.8, 4) is 17.6 Å². The van der Waals surface area contributed by atoms with Crippen molar-refractivity contribution < 1.29 is 22.5 Å². The van der Waals surface area contributed by atoms with Gasteiger partial charge in [0.05, 0.1) is 4.47 Å². The highest BCUT2D eigenvalue weighted by Crippen LogP contribution is 2.36. The van der Waals surface area contributed by atoms with Crippen LogP contribution in [-0.4, -0.2) is 19.4 Å². The van der Waals surface area contributed by atoms with Gasteiger partial charge in [-0.3, -0.25) is 4.79 Å². The fourth-order valence-corrected chi connectivity index (χ4v) is 5.01. The summed E-state index contributed by atoms with van der Waals surface area (Å²) in [5.74, 6) is -0.771. The first-order chi connectivity index (χ1) is 15.2. The third kappa shape index (κ3) is 5.76. The van der Waals surface area contributed by atoms with Crippen LogP contribution in [0.2, 0.25) is 0 Å². The highest BCUT2D eigenvalue weighted by Gasteiger charge is 2.21. The molecule has 10 heteroatoms. The van der Waals surface area contributed by atoms with Gasteiger partial charge in [-0.2, -0.15) is 13.7 Å². The summed E-state index contributed by atoms with van der Waals surface area (Å²) in [4.78, 5) is 12.5. The van der Waals surface area contributed by atoms with E-state index in [0.29, 0.717) is 14.6 Å². The van der Waals surface area contributed by atoms with Gasteiger partial charge in [0.25, 0.3) is 5.91 Å². The first kappa shape index (κ1) is 23.5. The molecule has 2 N–H and O–H groups in total. The van der Waals surface area contributed by atoms with Crippen LogP contribution in [0.1, 0.15) is 5.56 Å². The zero-order chi connectivity index (χ0) is 23.3. The van der Waals surface area contributed by atoms with Gasteiger partial charge in [-0.25, -0.2) is 0 Å². The number of carbonyl (C=O) groups is 1. The lowest BCUT2D eigenvalue weighted by atomic mass is 10.1. The molecule has 162 valence electrons. The monoisotopic (exact) mass is 576 g/mol. The molecule has 0 atom stereocenters. The topological polar surface area (TPSA) is 116 Å². The number of benzene rings is 3. The normalized spacial score (nSPS) is 11.5. The summed E-state index contributed by atoms with van der Waals surface area (Å²) >= 11 is 6.59. The van der Waals surface area contributed by atoms with Crippen LogP contribution in [0, 0.1) is 11.3 Å². The Kier molecular flexibility index (Phi) is 7.35. The van der Waals surface area contributed by atoms with Crippen molar-refractivity contribution >= 4 is 59.6 Å². The quantitative estimate of drug-likeness (QED) is 0.179. The molecule has 0 heterocycles. The summed E-state index contributed by atoms with van der Waals surface area (Å²) in [7, 11) is -4.17. The lowest BCUT2D eigenvalue weighted by Crippen LogP contribution is -2.14. The Morgan fingerprint density at radius 1 is 1.06 bits per heavy atom. The number of nitrogens with one attached hydrogen (secondary N) is 1. The second-order valence-electron chi connectivity index (χ2n) is 6.33. The Morgan fingerprint density at radius 2 is 1.72 bits per heavy atom. The molecule has 0 saturated carbocycles. The van der Waals surface area contributed by atoms with Crippen molar-refractivity contribution in [2.24, 2.45) is 0 Å². The van der Waals surface area contributed by atoms with Crippen LogP contribution >= 0.6 is 31.9 Å². The van der Waals surface area contributed by atoms with Gasteiger partial charge in [0, 0.05) is 15.7 Å². The van der Waals surface area contributed by atoms with Crippen molar-refractivity contribution in [2.45, 2.75) is 4.90 Å². The molecule has 0 unspecified atom stereocenters. The van der Waals surface area contributed by atoms with E-state index in [1.165, 1.54) is 48.5 Å². The predicted molar refractivity (Wildman–Crippen MR) is 126 cm³/mol. The van der Waals surface area contributed by atoms with E-state index in [0.717, 1.165) is 0 Å². The summed E-state index contributed by atoms with van der Waals surface area (Å²) < 4.78 is 31.6. The van der Waals surface area contributed by atoms with Crippen molar-refractivity contribution in [2.75, 3.05) is 5.32 Å². The Balaban J connectivity index is 1.99. The van der Waals surface area contributed by atoms with E-state index in [1.807, 2.05) is 0 Å². The predicted octanol–water partition coefficient (Wildman–Crippen LogP) is 5.23. The van der Waals surface area contributed by atoms with Gasteiger partial charge < -0.3 is 14.6 Å². The molecule has 7 nitrogen and oxygen atoms in total. The Bertz CT molecular complexity index is 1330. The summed E-state index contributed by atoms with van der Waals surface area (Å²) in [6.07, 6.45) is 1.22. The highest BCUT2D eigenvalue weighted by atomic mass is 79.9. The number of nitrogens with zero attached hydrogens (tertiary/aromatic N) is 1. The van der Waals surface area contributed by atoms with E-state index in [-0.39, 0.29) is 27.5 Å². The van der Waals surface area contributed by atoms with Crippen molar-refractivity contribution in [1.82, 2.24) is 0 Å². The number of rotatable bonds is 6. The largest absolute Gasteiger partial charge is 0.508 e. The fraction of sp³-hybridized carbons (Fsp3) is 0. The smallest absolute Gasteiger partial charge is 0.339 e. The van der Waals surface area contributed by atoms with Crippen molar-refractivity contribution in [1.29, 1.82) is 5.26 Å². The number of carbonyl (C=O) groups excluding carboxylic acids is 1. The van der Waals surface area contributed by atoms with E-state index >= 15 is 0 Å². The third-order valence-corrected chi connectivity index (χ3v) is 6.33. The van der Waals surface area contributed by atoms with Gasteiger partial charge in [0.2, 0.25) is 0 Å². The number of anilines is 1. The molecule has 0 fully saturated rings. The second kappa shape index (κ2) is 9.99. The summed E-state index contributed by atoms with van der Waals surface area (Å²) in [5, 5.41) is 21.4. The maximum absolute atomic E-state index is 12.7. The maximum atomic E-state index is 12.7. The number of hydrogen-bond donors (Lipinski definition) is 2. The number of halogens is 2. The number of phenols is 1. The second-order valence-corrected chi connectivity index (χ2v) is 9.64. The zero-order valence-corrected chi connectivity index (χ0v) is 20.1. The lowest BCUT2D eigenvalue weighted by Gasteiger charge is -2.13. The Hall–Kier alpha value is -3.13. The summed E-state index contributed by atoms with van der Waals surface area (Å²) in [5.41, 5.74) is 0.265. The first-order valence-electron chi connectivity index (χ1n) is 8.90. The number of phenolic OH excluding ortho intramolecular Hbond substituents is 1. The fourth-order valence-electron chi connectivity index (χ4n) is 2.57. The molecule has 1 amide bonds. The van der Waals surface area contributed by atoms with E-state index in [1.54, 1.807) is 30.3 Å². The first-order valence-corrected chi connectivity index (χ1v) is 11.9. The highest BCUT2D eigenvalue weighted by molar-refractivity contribution is 9.11.